The number of aryl methyl sites for hydroxylation is 1. The van der Waals surface area contributed by atoms with Crippen molar-refractivity contribution in [3.8, 4) is 0 Å². The van der Waals surface area contributed by atoms with Gasteiger partial charge in [-0.25, -0.2) is 5.01 Å². The van der Waals surface area contributed by atoms with E-state index in [0.29, 0.717) is 11.4 Å². The standard InChI is InChI=1S/C13H14N2O3/c1-8-4-3-5-10(6-8)15-13(18)11(7-12(16)17)9(2)14-15/h3-6,11H,7H2,1-2H3,(H,16,17). The fourth-order valence-electron chi connectivity index (χ4n) is 1.96. The first-order valence-corrected chi connectivity index (χ1v) is 5.66. The number of carbonyl (C=O) groups excluding carboxylic acids is 1. The number of hydrazone groups is 1. The van der Waals surface area contributed by atoms with E-state index >= 15 is 0 Å². The molecule has 1 aliphatic rings. The van der Waals surface area contributed by atoms with Crippen LogP contribution in [0, 0.1) is 12.8 Å². The number of carbonyl (C=O) groups is 2. The number of amides is 1. The Morgan fingerprint density at radius 3 is 2.78 bits per heavy atom. The Kier molecular flexibility index (Phi) is 3.14. The van der Waals surface area contributed by atoms with Crippen molar-refractivity contribution in [1.29, 1.82) is 0 Å². The van der Waals surface area contributed by atoms with E-state index in [1.807, 2.05) is 25.1 Å². The lowest BCUT2D eigenvalue weighted by atomic mass is 10.0. The molecule has 1 aliphatic heterocycles. The van der Waals surface area contributed by atoms with Crippen molar-refractivity contribution in [2.24, 2.45) is 11.0 Å². The maximum atomic E-state index is 12.1. The van der Waals surface area contributed by atoms with Gasteiger partial charge in [-0.05, 0) is 31.5 Å². The molecule has 0 fully saturated rings. The minimum Gasteiger partial charge on any atom is -0.481 e. The molecule has 0 saturated carbocycles. The zero-order chi connectivity index (χ0) is 13.3. The van der Waals surface area contributed by atoms with Crippen molar-refractivity contribution in [2.45, 2.75) is 20.3 Å². The van der Waals surface area contributed by atoms with Gasteiger partial charge in [0.05, 0.1) is 18.0 Å². The molecular weight excluding hydrogens is 232 g/mol. The Hall–Kier alpha value is -2.17. The van der Waals surface area contributed by atoms with E-state index in [4.69, 9.17) is 5.11 Å². The largest absolute Gasteiger partial charge is 0.481 e. The van der Waals surface area contributed by atoms with Gasteiger partial charge in [0.2, 0.25) is 0 Å². The van der Waals surface area contributed by atoms with Crippen LogP contribution in [-0.4, -0.2) is 22.7 Å². The van der Waals surface area contributed by atoms with Crippen LogP contribution >= 0.6 is 0 Å². The lowest BCUT2D eigenvalue weighted by Gasteiger charge is -2.13. The quantitative estimate of drug-likeness (QED) is 0.884. The number of anilines is 1. The molecule has 5 heteroatoms. The van der Waals surface area contributed by atoms with E-state index in [1.165, 1.54) is 5.01 Å². The maximum absolute atomic E-state index is 12.1. The fraction of sp³-hybridized carbons (Fsp3) is 0.308. The number of hydrogen-bond donors (Lipinski definition) is 1. The second kappa shape index (κ2) is 4.60. The van der Waals surface area contributed by atoms with E-state index in [0.717, 1.165) is 5.56 Å². The molecule has 1 aromatic rings. The summed E-state index contributed by atoms with van der Waals surface area (Å²) in [6.07, 6.45) is -0.212. The van der Waals surface area contributed by atoms with Gasteiger partial charge in [0.25, 0.3) is 5.91 Å². The highest BCUT2D eigenvalue weighted by atomic mass is 16.4. The van der Waals surface area contributed by atoms with Crippen LogP contribution in [0.2, 0.25) is 0 Å². The van der Waals surface area contributed by atoms with Crippen molar-refractivity contribution in [3.05, 3.63) is 29.8 Å². The number of aliphatic carboxylic acids is 1. The SMILES string of the molecule is CC1=NN(c2cccc(C)c2)C(=O)C1CC(=O)O. The van der Waals surface area contributed by atoms with Crippen molar-refractivity contribution >= 4 is 23.3 Å². The smallest absolute Gasteiger partial charge is 0.304 e. The molecule has 5 nitrogen and oxygen atoms in total. The third kappa shape index (κ3) is 2.25. The average Bonchev–Trinajstić information content (AvgIpc) is 2.56. The minimum atomic E-state index is -0.992. The molecule has 0 bridgehead atoms. The summed E-state index contributed by atoms with van der Waals surface area (Å²) < 4.78 is 0. The first-order valence-electron chi connectivity index (χ1n) is 5.66. The van der Waals surface area contributed by atoms with Crippen LogP contribution in [-0.2, 0) is 9.59 Å². The highest BCUT2D eigenvalue weighted by Crippen LogP contribution is 2.26. The number of benzene rings is 1. The van der Waals surface area contributed by atoms with Crippen LogP contribution in [0.3, 0.4) is 0 Å². The molecule has 0 spiro atoms. The lowest BCUT2D eigenvalue weighted by Crippen LogP contribution is -2.28. The van der Waals surface area contributed by atoms with E-state index in [1.54, 1.807) is 13.0 Å². The Morgan fingerprint density at radius 2 is 2.17 bits per heavy atom. The molecule has 1 aromatic carbocycles. The number of carboxylic acid groups (broad SMARTS) is 1. The molecule has 1 N–H and O–H groups in total. The lowest BCUT2D eigenvalue weighted by molar-refractivity contribution is -0.139. The molecule has 0 aliphatic carbocycles. The summed E-state index contributed by atoms with van der Waals surface area (Å²) in [5.41, 5.74) is 2.24. The molecular formula is C13H14N2O3. The van der Waals surface area contributed by atoms with Gasteiger partial charge in [-0.3, -0.25) is 9.59 Å². The Balaban J connectivity index is 2.28. The van der Waals surface area contributed by atoms with Gasteiger partial charge in [0, 0.05) is 5.71 Å². The van der Waals surface area contributed by atoms with Gasteiger partial charge in [-0.1, -0.05) is 12.1 Å². The first-order chi connectivity index (χ1) is 8.49. The van der Waals surface area contributed by atoms with E-state index < -0.39 is 11.9 Å². The highest BCUT2D eigenvalue weighted by Gasteiger charge is 2.35. The number of rotatable bonds is 3. The maximum Gasteiger partial charge on any atom is 0.304 e. The van der Waals surface area contributed by atoms with Gasteiger partial charge in [0.1, 0.15) is 0 Å². The van der Waals surface area contributed by atoms with Crippen molar-refractivity contribution < 1.29 is 14.7 Å². The van der Waals surface area contributed by atoms with Crippen molar-refractivity contribution in [2.75, 3.05) is 5.01 Å². The Labute approximate surface area is 105 Å². The molecule has 0 aromatic heterocycles. The monoisotopic (exact) mass is 246 g/mol. The summed E-state index contributed by atoms with van der Waals surface area (Å²) in [6, 6.07) is 7.39. The normalized spacial score (nSPS) is 19.0. The minimum absolute atomic E-state index is 0.212. The topological polar surface area (TPSA) is 70.0 Å². The summed E-state index contributed by atoms with van der Waals surface area (Å²) in [7, 11) is 0. The Morgan fingerprint density at radius 1 is 1.44 bits per heavy atom. The third-order valence-electron chi connectivity index (χ3n) is 2.89. The average molecular weight is 246 g/mol. The van der Waals surface area contributed by atoms with Gasteiger partial charge in [-0.2, -0.15) is 5.10 Å². The molecule has 18 heavy (non-hydrogen) atoms. The van der Waals surface area contributed by atoms with Crippen molar-refractivity contribution in [3.63, 3.8) is 0 Å². The van der Waals surface area contributed by atoms with Crippen LogP contribution < -0.4 is 5.01 Å². The van der Waals surface area contributed by atoms with Crippen LogP contribution in [0.1, 0.15) is 18.9 Å². The second-order valence-electron chi connectivity index (χ2n) is 4.38. The van der Waals surface area contributed by atoms with E-state index in [-0.39, 0.29) is 12.3 Å². The van der Waals surface area contributed by atoms with Crippen LogP contribution in [0.25, 0.3) is 0 Å². The number of hydrogen-bond acceptors (Lipinski definition) is 3. The van der Waals surface area contributed by atoms with Crippen LogP contribution in [0.15, 0.2) is 29.4 Å². The molecule has 0 radical (unpaired) electrons. The Bertz CT molecular complexity index is 537. The molecule has 1 atom stereocenters. The number of carboxylic acids is 1. The van der Waals surface area contributed by atoms with E-state index in [2.05, 4.69) is 5.10 Å². The van der Waals surface area contributed by atoms with Gasteiger partial charge < -0.3 is 5.11 Å². The van der Waals surface area contributed by atoms with Crippen molar-refractivity contribution in [1.82, 2.24) is 0 Å². The summed E-state index contributed by atoms with van der Waals surface area (Å²) in [5, 5.41) is 14.2. The third-order valence-corrected chi connectivity index (χ3v) is 2.89. The zero-order valence-electron chi connectivity index (χ0n) is 10.3. The molecule has 94 valence electrons. The van der Waals surface area contributed by atoms with Gasteiger partial charge >= 0.3 is 5.97 Å². The summed E-state index contributed by atoms with van der Waals surface area (Å²) >= 11 is 0. The van der Waals surface area contributed by atoms with Gasteiger partial charge in [0.15, 0.2) is 0 Å². The molecule has 1 amide bonds. The van der Waals surface area contributed by atoms with Crippen LogP contribution in [0.5, 0.6) is 0 Å². The van der Waals surface area contributed by atoms with Gasteiger partial charge in [-0.15, -0.1) is 0 Å². The molecule has 2 rings (SSSR count). The second-order valence-corrected chi connectivity index (χ2v) is 4.38. The predicted molar refractivity (Wildman–Crippen MR) is 67.5 cm³/mol. The van der Waals surface area contributed by atoms with Crippen LogP contribution in [0.4, 0.5) is 5.69 Å². The highest BCUT2D eigenvalue weighted by molar-refractivity contribution is 6.16. The summed E-state index contributed by atoms with van der Waals surface area (Å²) in [4.78, 5) is 22.8. The summed E-state index contributed by atoms with van der Waals surface area (Å²) in [5.74, 6) is -1.92. The molecule has 1 unspecified atom stereocenters. The summed E-state index contributed by atoms with van der Waals surface area (Å²) in [6.45, 7) is 3.61. The predicted octanol–water partition coefficient (Wildman–Crippen LogP) is 1.81. The number of nitrogens with zero attached hydrogens (tertiary/aromatic N) is 2. The molecule has 0 saturated heterocycles. The fourth-order valence-corrected chi connectivity index (χ4v) is 1.96. The zero-order valence-corrected chi connectivity index (χ0v) is 10.3. The molecule has 1 heterocycles. The van der Waals surface area contributed by atoms with E-state index in [9.17, 15) is 9.59 Å². The first kappa shape index (κ1) is 12.3.